The zero-order valence-corrected chi connectivity index (χ0v) is 11.1. The predicted octanol–water partition coefficient (Wildman–Crippen LogP) is 3.36. The first-order valence-corrected chi connectivity index (χ1v) is 6.40. The smallest absolute Gasteiger partial charge is 0.195 e. The molecule has 0 saturated carbocycles. The number of pyridine rings is 1. The van der Waals surface area contributed by atoms with Crippen LogP contribution >= 0.6 is 0 Å². The van der Waals surface area contributed by atoms with Crippen LogP contribution in [0.3, 0.4) is 0 Å². The first-order valence-electron chi connectivity index (χ1n) is 6.40. The van der Waals surface area contributed by atoms with Gasteiger partial charge in [0.05, 0.1) is 0 Å². The Bertz CT molecular complexity index is 804. The van der Waals surface area contributed by atoms with E-state index in [2.05, 4.69) is 4.98 Å². The minimum atomic E-state index is -0.0546. The molecular formula is C17H14N2O. The van der Waals surface area contributed by atoms with Gasteiger partial charge in [-0.2, -0.15) is 0 Å². The summed E-state index contributed by atoms with van der Waals surface area (Å²) in [4.78, 5) is 16.8. The highest BCUT2D eigenvalue weighted by Gasteiger charge is 2.13. The number of carbonyl (C=O) groups is 1. The van der Waals surface area contributed by atoms with Crippen molar-refractivity contribution in [2.24, 2.45) is 0 Å². The molecule has 98 valence electrons. The van der Waals surface area contributed by atoms with Crippen molar-refractivity contribution in [3.05, 3.63) is 71.5 Å². The fourth-order valence-electron chi connectivity index (χ4n) is 2.23. The Morgan fingerprint density at radius 1 is 1.10 bits per heavy atom. The molecule has 0 bridgehead atoms. The first-order chi connectivity index (χ1) is 9.66. The average molecular weight is 262 g/mol. The lowest BCUT2D eigenvalue weighted by Crippen LogP contribution is -2.04. The third-order valence-electron chi connectivity index (χ3n) is 3.45. The summed E-state index contributed by atoms with van der Waals surface area (Å²) in [5.41, 5.74) is 8.67. The average Bonchev–Trinajstić information content (AvgIpc) is 2.49. The van der Waals surface area contributed by atoms with Crippen LogP contribution in [-0.2, 0) is 0 Å². The Kier molecular flexibility index (Phi) is 2.95. The molecule has 20 heavy (non-hydrogen) atoms. The molecular weight excluding hydrogens is 248 g/mol. The molecule has 3 rings (SSSR count). The molecule has 0 atom stereocenters. The SMILES string of the molecule is Cc1ccc(C(=O)c2cncc3ccccc23)cc1N. The van der Waals surface area contributed by atoms with E-state index in [0.29, 0.717) is 16.8 Å². The molecule has 2 N–H and O–H groups in total. The Hall–Kier alpha value is -2.68. The number of fused-ring (bicyclic) bond motifs is 1. The van der Waals surface area contributed by atoms with Gasteiger partial charge in [0.25, 0.3) is 0 Å². The summed E-state index contributed by atoms with van der Waals surface area (Å²) in [6.45, 7) is 1.92. The summed E-state index contributed by atoms with van der Waals surface area (Å²) in [5.74, 6) is -0.0546. The van der Waals surface area contributed by atoms with Gasteiger partial charge in [-0.1, -0.05) is 36.4 Å². The van der Waals surface area contributed by atoms with Crippen molar-refractivity contribution >= 4 is 22.2 Å². The molecule has 0 aliphatic carbocycles. The van der Waals surface area contributed by atoms with Gasteiger partial charge in [0, 0.05) is 34.6 Å². The van der Waals surface area contributed by atoms with E-state index in [0.717, 1.165) is 16.3 Å². The van der Waals surface area contributed by atoms with Crippen molar-refractivity contribution in [3.63, 3.8) is 0 Å². The predicted molar refractivity (Wildman–Crippen MR) is 80.8 cm³/mol. The molecule has 0 aliphatic heterocycles. The maximum Gasteiger partial charge on any atom is 0.195 e. The minimum absolute atomic E-state index is 0.0546. The third-order valence-corrected chi connectivity index (χ3v) is 3.45. The van der Waals surface area contributed by atoms with Gasteiger partial charge < -0.3 is 5.73 Å². The fourth-order valence-corrected chi connectivity index (χ4v) is 2.23. The number of anilines is 1. The number of rotatable bonds is 2. The Labute approximate surface area is 117 Å². The number of aryl methyl sites for hydroxylation is 1. The van der Waals surface area contributed by atoms with Crippen LogP contribution in [0.1, 0.15) is 21.5 Å². The number of nitrogen functional groups attached to an aromatic ring is 1. The van der Waals surface area contributed by atoms with Crippen LogP contribution in [0.25, 0.3) is 10.8 Å². The van der Waals surface area contributed by atoms with Crippen molar-refractivity contribution in [1.82, 2.24) is 4.98 Å². The van der Waals surface area contributed by atoms with Crippen LogP contribution in [0, 0.1) is 6.92 Å². The number of hydrogen-bond donors (Lipinski definition) is 1. The lowest BCUT2D eigenvalue weighted by molar-refractivity contribution is 0.104. The summed E-state index contributed by atoms with van der Waals surface area (Å²) in [6, 6.07) is 13.1. The summed E-state index contributed by atoms with van der Waals surface area (Å²) >= 11 is 0. The van der Waals surface area contributed by atoms with Crippen LogP contribution in [0.4, 0.5) is 5.69 Å². The first kappa shape index (κ1) is 12.4. The molecule has 0 radical (unpaired) electrons. The van der Waals surface area contributed by atoms with Gasteiger partial charge in [-0.3, -0.25) is 9.78 Å². The Morgan fingerprint density at radius 2 is 1.90 bits per heavy atom. The van der Waals surface area contributed by atoms with Crippen LogP contribution in [0.5, 0.6) is 0 Å². The lowest BCUT2D eigenvalue weighted by atomic mass is 9.98. The molecule has 0 spiro atoms. The van der Waals surface area contributed by atoms with Crippen molar-refractivity contribution in [1.29, 1.82) is 0 Å². The van der Waals surface area contributed by atoms with Crippen molar-refractivity contribution in [2.75, 3.05) is 5.73 Å². The molecule has 0 aliphatic rings. The molecule has 0 unspecified atom stereocenters. The largest absolute Gasteiger partial charge is 0.398 e. The van der Waals surface area contributed by atoms with Crippen LogP contribution in [0.15, 0.2) is 54.9 Å². The zero-order chi connectivity index (χ0) is 14.1. The van der Waals surface area contributed by atoms with Crippen LogP contribution in [0.2, 0.25) is 0 Å². The third kappa shape index (κ3) is 2.03. The quantitative estimate of drug-likeness (QED) is 0.569. The van der Waals surface area contributed by atoms with E-state index in [4.69, 9.17) is 5.73 Å². The van der Waals surface area contributed by atoms with E-state index in [1.807, 2.05) is 37.3 Å². The molecule has 3 aromatic rings. The molecule has 0 fully saturated rings. The minimum Gasteiger partial charge on any atom is -0.398 e. The van der Waals surface area contributed by atoms with E-state index in [-0.39, 0.29) is 5.78 Å². The van der Waals surface area contributed by atoms with Crippen molar-refractivity contribution < 1.29 is 4.79 Å². The van der Waals surface area contributed by atoms with Gasteiger partial charge >= 0.3 is 0 Å². The van der Waals surface area contributed by atoms with E-state index >= 15 is 0 Å². The molecule has 3 heteroatoms. The number of nitrogens with two attached hydrogens (primary N) is 1. The summed E-state index contributed by atoms with van der Waals surface area (Å²) in [7, 11) is 0. The van der Waals surface area contributed by atoms with Gasteiger partial charge in [0.2, 0.25) is 0 Å². The molecule has 1 heterocycles. The molecule has 0 saturated heterocycles. The second-order valence-electron chi connectivity index (χ2n) is 4.81. The fraction of sp³-hybridized carbons (Fsp3) is 0.0588. The highest BCUT2D eigenvalue weighted by molar-refractivity contribution is 6.16. The van der Waals surface area contributed by atoms with Crippen LogP contribution in [-0.4, -0.2) is 10.8 Å². The second-order valence-corrected chi connectivity index (χ2v) is 4.81. The van der Waals surface area contributed by atoms with Gasteiger partial charge in [-0.25, -0.2) is 0 Å². The standard InChI is InChI=1S/C17H14N2O/c1-11-6-7-12(8-16(11)18)17(20)15-10-19-9-13-4-2-3-5-14(13)15/h2-10H,18H2,1H3. The summed E-state index contributed by atoms with van der Waals surface area (Å²) < 4.78 is 0. The summed E-state index contributed by atoms with van der Waals surface area (Å²) in [6.07, 6.45) is 3.37. The number of nitrogens with zero attached hydrogens (tertiary/aromatic N) is 1. The van der Waals surface area contributed by atoms with E-state index < -0.39 is 0 Å². The molecule has 3 nitrogen and oxygen atoms in total. The summed E-state index contributed by atoms with van der Waals surface area (Å²) in [5, 5.41) is 1.87. The van der Waals surface area contributed by atoms with E-state index in [1.165, 1.54) is 0 Å². The van der Waals surface area contributed by atoms with E-state index in [1.54, 1.807) is 24.5 Å². The van der Waals surface area contributed by atoms with Gasteiger partial charge in [0.1, 0.15) is 0 Å². The number of benzene rings is 2. The highest BCUT2D eigenvalue weighted by atomic mass is 16.1. The molecule has 1 aromatic heterocycles. The van der Waals surface area contributed by atoms with Crippen LogP contribution < -0.4 is 5.73 Å². The van der Waals surface area contributed by atoms with E-state index in [9.17, 15) is 4.79 Å². The normalized spacial score (nSPS) is 10.7. The topological polar surface area (TPSA) is 56.0 Å². The van der Waals surface area contributed by atoms with Gasteiger partial charge in [-0.05, 0) is 23.9 Å². The zero-order valence-electron chi connectivity index (χ0n) is 11.1. The highest BCUT2D eigenvalue weighted by Crippen LogP contribution is 2.22. The monoisotopic (exact) mass is 262 g/mol. The maximum atomic E-state index is 12.6. The van der Waals surface area contributed by atoms with Gasteiger partial charge in [0.15, 0.2) is 5.78 Å². The maximum absolute atomic E-state index is 12.6. The Balaban J connectivity index is 2.15. The molecule has 0 amide bonds. The van der Waals surface area contributed by atoms with Gasteiger partial charge in [-0.15, -0.1) is 0 Å². The number of hydrogen-bond acceptors (Lipinski definition) is 3. The van der Waals surface area contributed by atoms with Crippen molar-refractivity contribution in [3.8, 4) is 0 Å². The number of carbonyl (C=O) groups excluding carboxylic acids is 1. The number of ketones is 1. The Morgan fingerprint density at radius 3 is 2.70 bits per heavy atom. The second kappa shape index (κ2) is 4.78. The number of aromatic nitrogens is 1. The lowest BCUT2D eigenvalue weighted by Gasteiger charge is -2.07. The molecule has 2 aromatic carbocycles. The van der Waals surface area contributed by atoms with Crippen molar-refractivity contribution in [2.45, 2.75) is 6.92 Å².